The Morgan fingerprint density at radius 3 is 2.24 bits per heavy atom. The van der Waals surface area contributed by atoms with Crippen LogP contribution in [0.3, 0.4) is 0 Å². The zero-order valence-corrected chi connectivity index (χ0v) is 11.7. The molecule has 0 atom stereocenters. The van der Waals surface area contributed by atoms with E-state index in [4.69, 9.17) is 0 Å². The van der Waals surface area contributed by atoms with Crippen LogP contribution in [0.25, 0.3) is 0 Å². The highest BCUT2D eigenvalue weighted by atomic mass is 14.0. The molecule has 0 aromatic heterocycles. The van der Waals surface area contributed by atoms with Crippen molar-refractivity contribution in [1.82, 2.24) is 0 Å². The first-order valence-electron chi connectivity index (χ1n) is 7.24. The van der Waals surface area contributed by atoms with Gasteiger partial charge in [-0.05, 0) is 44.9 Å². The van der Waals surface area contributed by atoms with Crippen LogP contribution < -0.4 is 0 Å². The Labute approximate surface area is 109 Å². The summed E-state index contributed by atoms with van der Waals surface area (Å²) in [6, 6.07) is 0. The molecule has 0 bridgehead atoms. The lowest BCUT2D eigenvalue weighted by atomic mass is 10.0. The highest BCUT2D eigenvalue weighted by Gasteiger charge is 1.96. The molecule has 0 amide bonds. The fourth-order valence-corrected chi connectivity index (χ4v) is 1.97. The summed E-state index contributed by atoms with van der Waals surface area (Å²) >= 11 is 0. The van der Waals surface area contributed by atoms with E-state index in [9.17, 15) is 0 Å². The molecule has 0 spiro atoms. The number of allylic oxidation sites excluding steroid dienone is 4. The predicted octanol–water partition coefficient (Wildman–Crippen LogP) is 6.21. The minimum absolute atomic E-state index is 1.12. The Balaban J connectivity index is 3.83. The largest absolute Gasteiger partial charge is 0.103 e. The summed E-state index contributed by atoms with van der Waals surface area (Å²) in [6.07, 6.45) is 19.2. The van der Waals surface area contributed by atoms with Gasteiger partial charge in [-0.25, -0.2) is 0 Å². The smallest absolute Gasteiger partial charge is 0.0286 e. The van der Waals surface area contributed by atoms with Gasteiger partial charge >= 0.3 is 0 Å². The van der Waals surface area contributed by atoms with E-state index in [2.05, 4.69) is 26.2 Å². The van der Waals surface area contributed by atoms with Crippen LogP contribution in [0, 0.1) is 0 Å². The standard InChI is InChI=1S/C17H30/c1-4-7-10-11-13-16-17(14-9-6-3)15-12-8-5-2/h5-6,16H,2-4,7-15H2,1H3. The fraction of sp³-hybridized carbons (Fsp3) is 0.647. The average Bonchev–Trinajstić information content (AvgIpc) is 2.35. The second kappa shape index (κ2) is 13.3. The molecule has 0 N–H and O–H groups in total. The summed E-state index contributed by atoms with van der Waals surface area (Å²) < 4.78 is 0. The number of unbranched alkanes of at least 4 members (excludes halogenated alkanes) is 5. The Morgan fingerprint density at radius 2 is 1.59 bits per heavy atom. The minimum Gasteiger partial charge on any atom is -0.103 e. The van der Waals surface area contributed by atoms with Gasteiger partial charge in [0.1, 0.15) is 0 Å². The Kier molecular flexibility index (Phi) is 12.7. The molecule has 0 aliphatic carbocycles. The van der Waals surface area contributed by atoms with E-state index >= 15 is 0 Å². The molecule has 0 rings (SSSR count). The number of rotatable bonds is 12. The maximum atomic E-state index is 3.81. The van der Waals surface area contributed by atoms with Gasteiger partial charge in [-0.15, -0.1) is 13.2 Å². The summed E-state index contributed by atoms with van der Waals surface area (Å²) in [4.78, 5) is 0. The Bertz CT molecular complexity index is 210. The van der Waals surface area contributed by atoms with E-state index in [1.807, 2.05) is 12.2 Å². The molecule has 0 saturated carbocycles. The molecule has 0 unspecified atom stereocenters. The van der Waals surface area contributed by atoms with E-state index in [-0.39, 0.29) is 0 Å². The first-order valence-corrected chi connectivity index (χ1v) is 7.24. The fourth-order valence-electron chi connectivity index (χ4n) is 1.97. The summed E-state index contributed by atoms with van der Waals surface area (Å²) in [7, 11) is 0. The van der Waals surface area contributed by atoms with Gasteiger partial charge in [0.05, 0.1) is 0 Å². The van der Waals surface area contributed by atoms with Crippen molar-refractivity contribution in [2.45, 2.75) is 71.1 Å². The van der Waals surface area contributed by atoms with E-state index < -0.39 is 0 Å². The highest BCUT2D eigenvalue weighted by Crippen LogP contribution is 2.16. The molecular formula is C17H30. The van der Waals surface area contributed by atoms with Crippen molar-refractivity contribution in [2.24, 2.45) is 0 Å². The summed E-state index contributed by atoms with van der Waals surface area (Å²) in [5, 5.41) is 0. The van der Waals surface area contributed by atoms with Crippen LogP contribution in [0.5, 0.6) is 0 Å². The van der Waals surface area contributed by atoms with Gasteiger partial charge < -0.3 is 0 Å². The average molecular weight is 234 g/mol. The third-order valence-corrected chi connectivity index (χ3v) is 3.07. The lowest BCUT2D eigenvalue weighted by Crippen LogP contribution is -1.86. The number of hydrogen-bond acceptors (Lipinski definition) is 0. The van der Waals surface area contributed by atoms with Crippen molar-refractivity contribution >= 4 is 0 Å². The molecule has 0 heterocycles. The lowest BCUT2D eigenvalue weighted by Gasteiger charge is -2.06. The van der Waals surface area contributed by atoms with Gasteiger partial charge in [-0.1, -0.05) is 50.0 Å². The van der Waals surface area contributed by atoms with Gasteiger partial charge in [0.15, 0.2) is 0 Å². The predicted molar refractivity (Wildman–Crippen MR) is 80.3 cm³/mol. The Morgan fingerprint density at radius 1 is 0.824 bits per heavy atom. The van der Waals surface area contributed by atoms with Crippen LogP contribution in [0.1, 0.15) is 71.1 Å². The van der Waals surface area contributed by atoms with Crippen molar-refractivity contribution < 1.29 is 0 Å². The van der Waals surface area contributed by atoms with E-state index in [0.29, 0.717) is 0 Å². The van der Waals surface area contributed by atoms with E-state index in [0.717, 1.165) is 12.8 Å². The van der Waals surface area contributed by atoms with Gasteiger partial charge in [-0.2, -0.15) is 0 Å². The van der Waals surface area contributed by atoms with Crippen molar-refractivity contribution in [3.8, 4) is 0 Å². The number of hydrogen-bond donors (Lipinski definition) is 0. The van der Waals surface area contributed by atoms with Crippen molar-refractivity contribution in [3.63, 3.8) is 0 Å². The Hall–Kier alpha value is -0.780. The minimum atomic E-state index is 1.12. The summed E-state index contributed by atoms with van der Waals surface area (Å²) in [5.74, 6) is 0. The topological polar surface area (TPSA) is 0 Å². The molecule has 0 heteroatoms. The van der Waals surface area contributed by atoms with Gasteiger partial charge in [-0.3, -0.25) is 0 Å². The molecule has 0 saturated heterocycles. The van der Waals surface area contributed by atoms with Crippen molar-refractivity contribution in [3.05, 3.63) is 37.0 Å². The highest BCUT2D eigenvalue weighted by molar-refractivity contribution is 5.03. The van der Waals surface area contributed by atoms with Crippen LogP contribution >= 0.6 is 0 Å². The third kappa shape index (κ3) is 11.5. The normalized spacial score (nSPS) is 11.5. The quantitative estimate of drug-likeness (QED) is 0.278. The summed E-state index contributed by atoms with van der Waals surface area (Å²) in [6.45, 7) is 9.85. The van der Waals surface area contributed by atoms with Gasteiger partial charge in [0, 0.05) is 0 Å². The van der Waals surface area contributed by atoms with Gasteiger partial charge in [0.2, 0.25) is 0 Å². The SMILES string of the molecule is C=CCCCC(=CCCCCCC)CCC=C. The molecule has 0 radical (unpaired) electrons. The van der Waals surface area contributed by atoms with E-state index in [1.165, 1.54) is 51.4 Å². The van der Waals surface area contributed by atoms with Crippen LogP contribution in [-0.4, -0.2) is 0 Å². The zero-order valence-electron chi connectivity index (χ0n) is 11.7. The van der Waals surface area contributed by atoms with Gasteiger partial charge in [0.25, 0.3) is 0 Å². The molecule has 0 aliphatic rings. The second-order valence-electron chi connectivity index (χ2n) is 4.72. The molecular weight excluding hydrogens is 204 g/mol. The lowest BCUT2D eigenvalue weighted by molar-refractivity contribution is 0.669. The monoisotopic (exact) mass is 234 g/mol. The van der Waals surface area contributed by atoms with Crippen LogP contribution in [0.2, 0.25) is 0 Å². The molecule has 0 aromatic carbocycles. The maximum absolute atomic E-state index is 3.81. The molecule has 17 heavy (non-hydrogen) atoms. The van der Waals surface area contributed by atoms with E-state index in [1.54, 1.807) is 5.57 Å². The first kappa shape index (κ1) is 16.2. The molecule has 0 nitrogen and oxygen atoms in total. The zero-order chi connectivity index (χ0) is 12.8. The van der Waals surface area contributed by atoms with Crippen LogP contribution in [0.4, 0.5) is 0 Å². The summed E-state index contributed by atoms with van der Waals surface area (Å²) in [5.41, 5.74) is 1.63. The van der Waals surface area contributed by atoms with Crippen LogP contribution in [-0.2, 0) is 0 Å². The third-order valence-electron chi connectivity index (χ3n) is 3.07. The van der Waals surface area contributed by atoms with Crippen LogP contribution in [0.15, 0.2) is 37.0 Å². The molecule has 0 fully saturated rings. The second-order valence-corrected chi connectivity index (χ2v) is 4.72. The molecule has 0 aliphatic heterocycles. The maximum Gasteiger partial charge on any atom is -0.0286 e. The molecule has 0 aromatic rings. The van der Waals surface area contributed by atoms with Crippen molar-refractivity contribution in [2.75, 3.05) is 0 Å². The van der Waals surface area contributed by atoms with Crippen molar-refractivity contribution in [1.29, 1.82) is 0 Å². The first-order chi connectivity index (χ1) is 8.35. The molecule has 98 valence electrons.